The molecule has 3 amide bonds. The van der Waals surface area contributed by atoms with Crippen LogP contribution in [-0.2, 0) is 6.61 Å². The molecule has 1 saturated carbocycles. The Balaban J connectivity index is 1.69. The topological polar surface area (TPSA) is 76.7 Å². The Hall–Kier alpha value is -2.73. The Morgan fingerprint density at radius 3 is 2.56 bits per heavy atom. The summed E-state index contributed by atoms with van der Waals surface area (Å²) in [5.41, 5.74) is 1.11. The first-order valence-electron chi connectivity index (χ1n) is 8.70. The van der Waals surface area contributed by atoms with E-state index in [0.717, 1.165) is 18.4 Å². The Morgan fingerprint density at radius 1 is 1.15 bits per heavy atom. The van der Waals surface area contributed by atoms with E-state index in [1.165, 1.54) is 19.2 Å². The number of ether oxygens (including phenoxy) is 2. The molecule has 3 rings (SSSR count). The fraction of sp³-hybridized carbons (Fsp3) is 0.300. The van der Waals surface area contributed by atoms with E-state index in [0.29, 0.717) is 30.6 Å². The van der Waals surface area contributed by atoms with E-state index in [9.17, 15) is 9.59 Å². The summed E-state index contributed by atoms with van der Waals surface area (Å²) < 4.78 is 11.1. The molecule has 1 aliphatic carbocycles. The van der Waals surface area contributed by atoms with Crippen LogP contribution in [0.15, 0.2) is 42.5 Å². The average molecular weight is 389 g/mol. The van der Waals surface area contributed by atoms with E-state index in [4.69, 9.17) is 21.1 Å². The number of urea groups is 1. The summed E-state index contributed by atoms with van der Waals surface area (Å²) >= 11 is 6.19. The van der Waals surface area contributed by atoms with Gasteiger partial charge in [-0.05, 0) is 30.4 Å². The molecule has 1 fully saturated rings. The summed E-state index contributed by atoms with van der Waals surface area (Å²) in [5, 5.41) is 5.14. The van der Waals surface area contributed by atoms with E-state index >= 15 is 0 Å². The summed E-state index contributed by atoms with van der Waals surface area (Å²) in [6.45, 7) is 0.878. The molecule has 0 aromatic heterocycles. The number of amides is 3. The monoisotopic (exact) mass is 388 g/mol. The molecule has 6 nitrogen and oxygen atoms in total. The van der Waals surface area contributed by atoms with E-state index in [1.807, 2.05) is 30.3 Å². The van der Waals surface area contributed by atoms with Gasteiger partial charge in [-0.25, -0.2) is 4.79 Å². The second-order valence-corrected chi connectivity index (χ2v) is 6.77. The zero-order chi connectivity index (χ0) is 19.2. The predicted octanol–water partition coefficient (Wildman–Crippen LogP) is 3.78. The van der Waals surface area contributed by atoms with Gasteiger partial charge in [0.25, 0.3) is 5.91 Å². The lowest BCUT2D eigenvalue weighted by atomic mass is 10.2. The van der Waals surface area contributed by atoms with Gasteiger partial charge in [0, 0.05) is 12.6 Å². The largest absolute Gasteiger partial charge is 0.493 e. The van der Waals surface area contributed by atoms with Crippen LogP contribution in [0.25, 0.3) is 0 Å². The van der Waals surface area contributed by atoms with Crippen molar-refractivity contribution in [2.45, 2.75) is 19.4 Å². The van der Waals surface area contributed by atoms with E-state index in [-0.39, 0.29) is 10.6 Å². The standard InChI is InChI=1S/C20H21ClN2O4/c1-26-17-10-16(21)15(19(24)23-20(25)22-11-13-7-8-13)9-18(17)27-12-14-5-3-2-4-6-14/h2-6,9-10,13H,7-8,11-12H2,1H3,(H2,22,23,24,25). The zero-order valence-electron chi connectivity index (χ0n) is 15.0. The van der Waals surface area contributed by atoms with Crippen molar-refractivity contribution in [1.82, 2.24) is 10.6 Å². The third-order valence-electron chi connectivity index (χ3n) is 4.21. The van der Waals surface area contributed by atoms with Gasteiger partial charge in [0.2, 0.25) is 0 Å². The lowest BCUT2D eigenvalue weighted by molar-refractivity contribution is 0.0963. The number of rotatable bonds is 7. The second-order valence-electron chi connectivity index (χ2n) is 6.36. The highest BCUT2D eigenvalue weighted by Gasteiger charge is 2.23. The van der Waals surface area contributed by atoms with Crippen LogP contribution < -0.4 is 20.1 Å². The minimum atomic E-state index is -0.597. The van der Waals surface area contributed by atoms with Gasteiger partial charge in [-0.1, -0.05) is 41.9 Å². The van der Waals surface area contributed by atoms with Crippen LogP contribution in [0, 0.1) is 5.92 Å². The van der Waals surface area contributed by atoms with Crippen LogP contribution in [0.2, 0.25) is 5.02 Å². The molecule has 0 aliphatic heterocycles. The van der Waals surface area contributed by atoms with Crippen LogP contribution in [0.4, 0.5) is 4.79 Å². The van der Waals surface area contributed by atoms with Gasteiger partial charge in [-0.2, -0.15) is 0 Å². The number of benzene rings is 2. The van der Waals surface area contributed by atoms with Crippen LogP contribution in [0.1, 0.15) is 28.8 Å². The average Bonchev–Trinajstić information content (AvgIpc) is 3.50. The molecule has 2 N–H and O–H groups in total. The zero-order valence-corrected chi connectivity index (χ0v) is 15.7. The van der Waals surface area contributed by atoms with Gasteiger partial charge in [0.15, 0.2) is 11.5 Å². The van der Waals surface area contributed by atoms with Gasteiger partial charge in [-0.15, -0.1) is 0 Å². The Morgan fingerprint density at radius 2 is 1.89 bits per heavy atom. The molecular formula is C20H21ClN2O4. The number of carbonyl (C=O) groups excluding carboxylic acids is 2. The molecular weight excluding hydrogens is 368 g/mol. The second kappa shape index (κ2) is 8.77. The van der Waals surface area contributed by atoms with Crippen molar-refractivity contribution < 1.29 is 19.1 Å². The number of hydrogen-bond donors (Lipinski definition) is 2. The molecule has 0 saturated heterocycles. The molecule has 2 aromatic carbocycles. The van der Waals surface area contributed by atoms with E-state index in [2.05, 4.69) is 10.6 Å². The summed E-state index contributed by atoms with van der Waals surface area (Å²) in [5.74, 6) is 0.703. The van der Waals surface area contributed by atoms with Crippen molar-refractivity contribution in [3.05, 3.63) is 58.6 Å². The Kier molecular flexibility index (Phi) is 6.19. The molecule has 0 unspecified atom stereocenters. The number of halogens is 1. The van der Waals surface area contributed by atoms with E-state index in [1.54, 1.807) is 0 Å². The molecule has 1 aliphatic rings. The van der Waals surface area contributed by atoms with Gasteiger partial charge in [0.05, 0.1) is 17.7 Å². The summed E-state index contributed by atoms with van der Waals surface area (Å²) in [7, 11) is 1.49. The lowest BCUT2D eigenvalue weighted by Crippen LogP contribution is -2.40. The molecule has 7 heteroatoms. The van der Waals surface area contributed by atoms with Gasteiger partial charge in [0.1, 0.15) is 6.61 Å². The van der Waals surface area contributed by atoms with Crippen LogP contribution in [0.5, 0.6) is 11.5 Å². The third kappa shape index (κ3) is 5.37. The maximum absolute atomic E-state index is 12.4. The lowest BCUT2D eigenvalue weighted by Gasteiger charge is -2.14. The molecule has 0 bridgehead atoms. The first kappa shape index (κ1) is 19.0. The first-order chi connectivity index (χ1) is 13.1. The number of nitrogens with one attached hydrogen (secondary N) is 2. The van der Waals surface area contributed by atoms with Crippen molar-refractivity contribution in [2.75, 3.05) is 13.7 Å². The van der Waals surface area contributed by atoms with Crippen LogP contribution >= 0.6 is 11.6 Å². The summed E-state index contributed by atoms with van der Waals surface area (Å²) in [4.78, 5) is 24.3. The minimum absolute atomic E-state index is 0.141. The number of hydrogen-bond acceptors (Lipinski definition) is 4. The fourth-order valence-electron chi connectivity index (χ4n) is 2.49. The normalized spacial score (nSPS) is 13.0. The SMILES string of the molecule is COc1cc(Cl)c(C(=O)NC(=O)NCC2CC2)cc1OCc1ccccc1. The molecule has 2 aromatic rings. The van der Waals surface area contributed by atoms with Gasteiger partial charge in [-0.3, -0.25) is 10.1 Å². The van der Waals surface area contributed by atoms with Crippen LogP contribution in [-0.4, -0.2) is 25.6 Å². The number of imide groups is 1. The Bertz CT molecular complexity index is 822. The third-order valence-corrected chi connectivity index (χ3v) is 4.52. The molecule has 142 valence electrons. The van der Waals surface area contributed by atoms with Crippen molar-refractivity contribution >= 4 is 23.5 Å². The molecule has 0 heterocycles. The molecule has 27 heavy (non-hydrogen) atoms. The van der Waals surface area contributed by atoms with Crippen molar-refractivity contribution in [1.29, 1.82) is 0 Å². The molecule has 0 spiro atoms. The van der Waals surface area contributed by atoms with Crippen molar-refractivity contribution in [3.8, 4) is 11.5 Å². The highest BCUT2D eigenvalue weighted by atomic mass is 35.5. The minimum Gasteiger partial charge on any atom is -0.493 e. The molecule has 0 atom stereocenters. The molecule has 0 radical (unpaired) electrons. The smallest absolute Gasteiger partial charge is 0.321 e. The number of carbonyl (C=O) groups is 2. The quantitative estimate of drug-likeness (QED) is 0.756. The highest BCUT2D eigenvalue weighted by Crippen LogP contribution is 2.34. The van der Waals surface area contributed by atoms with Gasteiger partial charge < -0.3 is 14.8 Å². The summed E-state index contributed by atoms with van der Waals surface area (Å²) in [6.07, 6.45) is 2.22. The first-order valence-corrected chi connectivity index (χ1v) is 9.08. The van der Waals surface area contributed by atoms with Crippen molar-refractivity contribution in [3.63, 3.8) is 0 Å². The fourth-order valence-corrected chi connectivity index (χ4v) is 2.73. The Labute approximate surface area is 162 Å². The summed E-state index contributed by atoms with van der Waals surface area (Å²) in [6, 6.07) is 12.1. The van der Waals surface area contributed by atoms with E-state index < -0.39 is 11.9 Å². The maximum atomic E-state index is 12.4. The van der Waals surface area contributed by atoms with Crippen LogP contribution in [0.3, 0.4) is 0 Å². The van der Waals surface area contributed by atoms with Crippen molar-refractivity contribution in [2.24, 2.45) is 5.92 Å². The maximum Gasteiger partial charge on any atom is 0.321 e. The van der Waals surface area contributed by atoms with Gasteiger partial charge >= 0.3 is 6.03 Å². The number of methoxy groups -OCH3 is 1. The highest BCUT2D eigenvalue weighted by molar-refractivity contribution is 6.34. The predicted molar refractivity (Wildman–Crippen MR) is 102 cm³/mol.